The van der Waals surface area contributed by atoms with Crippen molar-refractivity contribution in [3.05, 3.63) is 35.6 Å². The molecule has 3 amide bonds. The van der Waals surface area contributed by atoms with Gasteiger partial charge in [-0.1, -0.05) is 39.6 Å². The van der Waals surface area contributed by atoms with Crippen LogP contribution in [0.4, 0.5) is 5.69 Å². The number of hydrogen-bond acceptors (Lipinski definition) is 5. The van der Waals surface area contributed by atoms with Crippen LogP contribution >= 0.6 is 12.6 Å². The van der Waals surface area contributed by atoms with Crippen LogP contribution in [0.5, 0.6) is 0 Å². The number of nitrogens with one attached hydrogen (secondary N) is 3. The van der Waals surface area contributed by atoms with Gasteiger partial charge in [-0.15, -0.1) is 0 Å². The first-order valence-corrected chi connectivity index (χ1v) is 9.29. The van der Waals surface area contributed by atoms with Crippen LogP contribution in [-0.2, 0) is 41.9 Å². The smallest absolute Gasteiger partial charge is 0.250 e. The Kier molecular flexibility index (Phi) is 14.1. The first-order valence-electron chi connectivity index (χ1n) is 8.84. The summed E-state index contributed by atoms with van der Waals surface area (Å²) in [7, 11) is 0. The van der Waals surface area contributed by atoms with Crippen molar-refractivity contribution in [1.82, 2.24) is 5.32 Å². The topological polar surface area (TPSA) is 145 Å². The molecule has 0 saturated carbocycles. The second kappa shape index (κ2) is 13.7. The molecule has 1 unspecified atom stereocenters. The largest absolute Gasteiger partial charge is 0.660 e. The van der Waals surface area contributed by atoms with Crippen LogP contribution in [0.15, 0.2) is 24.3 Å². The molecule has 0 spiro atoms. The molecule has 10 heteroatoms. The van der Waals surface area contributed by atoms with Gasteiger partial charge in [-0.2, -0.15) is 12.6 Å². The molecule has 0 radical (unpaired) electrons. The molecule has 1 aromatic rings. The maximum atomic E-state index is 11.5. The van der Waals surface area contributed by atoms with E-state index in [2.05, 4.69) is 30.2 Å². The molecule has 164 valence electrons. The maximum Gasteiger partial charge on any atom is 0.250 e. The molecular formula is C19H31N4O4SW-. The molecule has 0 aromatic heterocycles. The molecule has 0 saturated heterocycles. The number of anilines is 1. The molecule has 6 N–H and O–H groups in total. The van der Waals surface area contributed by atoms with E-state index in [4.69, 9.17) is 16.6 Å². The number of hydrogen-bond donors (Lipinski definition) is 5. The Morgan fingerprint density at radius 2 is 1.69 bits per heavy atom. The van der Waals surface area contributed by atoms with Gasteiger partial charge < -0.3 is 27.2 Å². The summed E-state index contributed by atoms with van der Waals surface area (Å²) in [6.07, 6.45) is 1.21. The first-order chi connectivity index (χ1) is 12.9. The van der Waals surface area contributed by atoms with Crippen molar-refractivity contribution in [3.8, 4) is 0 Å². The van der Waals surface area contributed by atoms with E-state index in [0.717, 1.165) is 12.1 Å². The van der Waals surface area contributed by atoms with Crippen LogP contribution in [0.3, 0.4) is 0 Å². The fourth-order valence-corrected chi connectivity index (χ4v) is 2.77. The Labute approximate surface area is 192 Å². The van der Waals surface area contributed by atoms with E-state index >= 15 is 0 Å². The molecule has 8 nitrogen and oxygen atoms in total. The Hall–Kier alpha value is -1.41. The zero-order chi connectivity index (χ0) is 22.0. The van der Waals surface area contributed by atoms with Crippen molar-refractivity contribution >= 4 is 36.0 Å². The van der Waals surface area contributed by atoms with Gasteiger partial charge in [-0.3, -0.25) is 14.4 Å². The Balaban J connectivity index is 0. The van der Waals surface area contributed by atoms with Crippen molar-refractivity contribution in [3.63, 3.8) is 0 Å². The van der Waals surface area contributed by atoms with E-state index in [1.807, 2.05) is 24.3 Å². The average Bonchev–Trinajstić information content (AvgIpc) is 2.62. The fraction of sp³-hybridized carbons (Fsp3) is 0.526. The number of benzene rings is 1. The van der Waals surface area contributed by atoms with Gasteiger partial charge in [0.2, 0.25) is 17.7 Å². The zero-order valence-electron chi connectivity index (χ0n) is 17.2. The quantitative estimate of drug-likeness (QED) is 0.293. The summed E-state index contributed by atoms with van der Waals surface area (Å²) in [6.45, 7) is 6.37. The minimum atomic E-state index is -1.02. The predicted octanol–water partition coefficient (Wildman–Crippen LogP) is 1.88. The minimum Gasteiger partial charge on any atom is -0.660 e. The zero-order valence-corrected chi connectivity index (χ0v) is 21.1. The molecule has 0 fully saturated rings. The van der Waals surface area contributed by atoms with E-state index in [1.165, 1.54) is 5.56 Å². The molecule has 0 heterocycles. The van der Waals surface area contributed by atoms with Crippen molar-refractivity contribution < 1.29 is 40.6 Å². The van der Waals surface area contributed by atoms with Crippen molar-refractivity contribution in [1.29, 1.82) is 0 Å². The van der Waals surface area contributed by atoms with E-state index in [1.54, 1.807) is 20.8 Å². The number of primary amides is 1. The summed E-state index contributed by atoms with van der Waals surface area (Å²) < 4.78 is -1.02. The number of aliphatic hydroxyl groups is 1. The third kappa shape index (κ3) is 11.4. The second-order valence-electron chi connectivity index (χ2n) is 7.14. The number of aryl methyl sites for hydroxylation is 1. The van der Waals surface area contributed by atoms with Gasteiger partial charge in [0.15, 0.2) is 0 Å². The minimum absolute atomic E-state index is 0. The Morgan fingerprint density at radius 1 is 1.17 bits per heavy atom. The van der Waals surface area contributed by atoms with E-state index in [0.29, 0.717) is 0 Å². The van der Waals surface area contributed by atoms with Crippen molar-refractivity contribution in [2.24, 2.45) is 11.1 Å². The van der Waals surface area contributed by atoms with Gasteiger partial charge >= 0.3 is 0 Å². The van der Waals surface area contributed by atoms with E-state index < -0.39 is 22.7 Å². The summed E-state index contributed by atoms with van der Waals surface area (Å²) in [5, 5.41) is 13.4. The van der Waals surface area contributed by atoms with Crippen LogP contribution in [0, 0.1) is 5.41 Å². The number of aliphatic hydroxyl groups excluding tert-OH is 1. The number of amides is 3. The van der Waals surface area contributed by atoms with Gasteiger partial charge in [-0.25, -0.2) is 0 Å². The predicted molar refractivity (Wildman–Crippen MR) is 114 cm³/mol. The van der Waals surface area contributed by atoms with E-state index in [9.17, 15) is 14.4 Å². The summed E-state index contributed by atoms with van der Waals surface area (Å²) in [5.41, 5.74) is 13.2. The van der Waals surface area contributed by atoms with Gasteiger partial charge in [-0.05, 0) is 37.5 Å². The van der Waals surface area contributed by atoms with Gasteiger partial charge in [0.25, 0.3) is 0 Å². The molecule has 1 atom stereocenters. The number of rotatable bonds is 8. The summed E-state index contributed by atoms with van der Waals surface area (Å²) in [5.74, 6) is -1.22. The molecular weight excluding hydrogens is 564 g/mol. The molecule has 1 rings (SSSR count). The monoisotopic (exact) mass is 595 g/mol. The van der Waals surface area contributed by atoms with Gasteiger partial charge in [0.1, 0.15) is 6.61 Å². The first kappa shape index (κ1) is 29.8. The normalized spacial score (nSPS) is 12.4. The number of thiol groups is 1. The second-order valence-corrected chi connectivity index (χ2v) is 8.13. The van der Waals surface area contributed by atoms with Crippen LogP contribution in [0.1, 0.15) is 39.7 Å². The SMILES string of the molecule is CC(C)(CC(C)(S)C(N)=O)C(=O)NC[NH-].CCc1ccc(NC(=O)CO)cc1.[W]. The maximum absolute atomic E-state index is 11.5. The van der Waals surface area contributed by atoms with Crippen molar-refractivity contribution in [2.45, 2.75) is 45.3 Å². The van der Waals surface area contributed by atoms with Crippen LogP contribution < -0.4 is 16.4 Å². The van der Waals surface area contributed by atoms with Gasteiger partial charge in [0.05, 0.1) is 4.75 Å². The number of carbonyl (C=O) groups excluding carboxylic acids is 3. The summed E-state index contributed by atoms with van der Waals surface area (Å²) >= 11 is 4.14. The van der Waals surface area contributed by atoms with Crippen LogP contribution in [0.25, 0.3) is 5.73 Å². The third-order valence-corrected chi connectivity index (χ3v) is 4.35. The Bertz CT molecular complexity index is 667. The Morgan fingerprint density at radius 3 is 2.07 bits per heavy atom. The number of nitrogens with two attached hydrogens (primary N) is 1. The fourth-order valence-electron chi connectivity index (χ4n) is 2.37. The molecule has 0 aliphatic carbocycles. The number of carbonyl (C=O) groups is 3. The van der Waals surface area contributed by atoms with Crippen LogP contribution in [-0.4, -0.2) is 40.9 Å². The molecule has 0 aliphatic rings. The summed E-state index contributed by atoms with van der Waals surface area (Å²) in [6, 6.07) is 7.55. The van der Waals surface area contributed by atoms with Crippen LogP contribution in [0.2, 0.25) is 0 Å². The van der Waals surface area contributed by atoms with Gasteiger partial charge in [0, 0.05) is 32.2 Å². The third-order valence-electron chi connectivity index (χ3n) is 3.97. The van der Waals surface area contributed by atoms with Crippen molar-refractivity contribution in [2.75, 3.05) is 18.6 Å². The molecule has 1 aromatic carbocycles. The summed E-state index contributed by atoms with van der Waals surface area (Å²) in [4.78, 5) is 33.4. The molecule has 0 bridgehead atoms. The average molecular weight is 595 g/mol. The standard InChI is InChI=1S/C10H13NO2.C9H18N3O2S.W/c1-2-8-3-5-9(6-4-8)11-10(13)7-12;1-8(2,7(14)12-5-10)4-9(3,15)6(11)13;/h3-6,12H,2,7H2,1H3,(H,11,13);10,15H,4-5H2,1-3H3,(H2,11,13)(H,12,14);/q;-1;. The van der Waals surface area contributed by atoms with E-state index in [-0.39, 0.29) is 46.0 Å². The molecule has 0 aliphatic heterocycles. The molecule has 29 heavy (non-hydrogen) atoms.